The fourth-order valence-corrected chi connectivity index (χ4v) is 3.35. The largest absolute Gasteiger partial charge is 0.312 e. The van der Waals surface area contributed by atoms with Crippen molar-refractivity contribution < 1.29 is 0 Å². The van der Waals surface area contributed by atoms with Crippen LogP contribution in [-0.2, 0) is 6.42 Å². The van der Waals surface area contributed by atoms with E-state index in [1.54, 1.807) is 11.3 Å². The molecule has 1 unspecified atom stereocenters. The molecule has 3 heteroatoms. The van der Waals surface area contributed by atoms with Gasteiger partial charge in [-0.2, -0.15) is 0 Å². The van der Waals surface area contributed by atoms with E-state index < -0.39 is 0 Å². The molecule has 1 heterocycles. The Morgan fingerprint density at radius 3 is 2.56 bits per heavy atom. The molecule has 18 heavy (non-hydrogen) atoms. The summed E-state index contributed by atoms with van der Waals surface area (Å²) in [5, 5.41) is 6.26. The number of halogens is 1. The molecule has 2 aromatic rings. The van der Waals surface area contributed by atoms with Gasteiger partial charge in [0, 0.05) is 10.9 Å². The predicted molar refractivity (Wildman–Crippen MR) is 80.7 cm³/mol. The van der Waals surface area contributed by atoms with E-state index in [0.29, 0.717) is 6.04 Å². The first-order valence-corrected chi connectivity index (χ1v) is 7.34. The summed E-state index contributed by atoms with van der Waals surface area (Å²) in [6.45, 7) is 4.30. The topological polar surface area (TPSA) is 12.0 Å². The van der Waals surface area contributed by atoms with E-state index in [2.05, 4.69) is 37.4 Å². The fourth-order valence-electron chi connectivity index (χ4n) is 2.05. The molecular formula is C15H18ClNS. The Kier molecular flexibility index (Phi) is 4.44. The first-order chi connectivity index (χ1) is 8.61. The van der Waals surface area contributed by atoms with Crippen molar-refractivity contribution in [2.45, 2.75) is 26.3 Å². The molecule has 96 valence electrons. The molecule has 0 fully saturated rings. The number of thiophene rings is 1. The zero-order valence-corrected chi connectivity index (χ0v) is 12.5. The van der Waals surface area contributed by atoms with E-state index in [-0.39, 0.29) is 0 Å². The lowest BCUT2D eigenvalue weighted by molar-refractivity contribution is 0.602. The second kappa shape index (κ2) is 5.87. The summed E-state index contributed by atoms with van der Waals surface area (Å²) >= 11 is 7.92. The van der Waals surface area contributed by atoms with Crippen molar-refractivity contribution in [1.29, 1.82) is 0 Å². The monoisotopic (exact) mass is 279 g/mol. The maximum absolute atomic E-state index is 6.21. The van der Waals surface area contributed by atoms with Crippen molar-refractivity contribution in [2.24, 2.45) is 0 Å². The van der Waals surface area contributed by atoms with Gasteiger partial charge in [-0.05, 0) is 55.5 Å². The van der Waals surface area contributed by atoms with Crippen LogP contribution in [0.1, 0.15) is 27.6 Å². The van der Waals surface area contributed by atoms with Crippen molar-refractivity contribution in [3.8, 4) is 0 Å². The standard InChI is InChI=1S/C15H18ClNS/c1-10-4-5-12(8-11(10)2)9-14(17-3)15-13(16)6-7-18-15/h4-8,14,17H,9H2,1-3H3. The Morgan fingerprint density at radius 2 is 2.00 bits per heavy atom. The van der Waals surface area contributed by atoms with Crippen molar-refractivity contribution in [2.75, 3.05) is 7.05 Å². The van der Waals surface area contributed by atoms with Crippen LogP contribution >= 0.6 is 22.9 Å². The van der Waals surface area contributed by atoms with Crippen LogP contribution in [0.5, 0.6) is 0 Å². The number of likely N-dealkylation sites (N-methyl/N-ethyl adjacent to an activating group) is 1. The average molecular weight is 280 g/mol. The van der Waals surface area contributed by atoms with Crippen LogP contribution in [0.25, 0.3) is 0 Å². The molecule has 1 N–H and O–H groups in total. The molecule has 1 aromatic carbocycles. The molecule has 1 nitrogen and oxygen atoms in total. The quantitative estimate of drug-likeness (QED) is 0.868. The summed E-state index contributed by atoms with van der Waals surface area (Å²) in [7, 11) is 1.99. The van der Waals surface area contributed by atoms with Crippen molar-refractivity contribution in [3.05, 3.63) is 56.2 Å². The molecule has 0 aliphatic heterocycles. The number of hydrogen-bond acceptors (Lipinski definition) is 2. The summed E-state index contributed by atoms with van der Waals surface area (Å²) in [6.07, 6.45) is 0.970. The number of nitrogens with one attached hydrogen (secondary N) is 1. The minimum absolute atomic E-state index is 0.291. The van der Waals surface area contributed by atoms with E-state index >= 15 is 0 Å². The van der Waals surface area contributed by atoms with E-state index in [0.717, 1.165) is 11.4 Å². The summed E-state index contributed by atoms with van der Waals surface area (Å²) in [6, 6.07) is 8.91. The van der Waals surface area contributed by atoms with Crippen molar-refractivity contribution >= 4 is 22.9 Å². The van der Waals surface area contributed by atoms with Crippen LogP contribution in [-0.4, -0.2) is 7.05 Å². The summed E-state index contributed by atoms with van der Waals surface area (Å²) in [5.41, 5.74) is 4.04. The third-order valence-corrected chi connectivity index (χ3v) is 4.79. The third-order valence-electron chi connectivity index (χ3n) is 3.32. The Labute approximate surface area is 118 Å². The van der Waals surface area contributed by atoms with Crippen LogP contribution in [0.3, 0.4) is 0 Å². The minimum Gasteiger partial charge on any atom is -0.312 e. The van der Waals surface area contributed by atoms with Gasteiger partial charge in [-0.25, -0.2) is 0 Å². The van der Waals surface area contributed by atoms with Gasteiger partial charge < -0.3 is 5.32 Å². The fraction of sp³-hybridized carbons (Fsp3) is 0.333. The smallest absolute Gasteiger partial charge is 0.0561 e. The first kappa shape index (κ1) is 13.6. The molecule has 0 saturated heterocycles. The van der Waals surface area contributed by atoms with Gasteiger partial charge in [-0.3, -0.25) is 0 Å². The van der Waals surface area contributed by atoms with Crippen LogP contribution < -0.4 is 5.32 Å². The van der Waals surface area contributed by atoms with Gasteiger partial charge in [0.2, 0.25) is 0 Å². The van der Waals surface area contributed by atoms with Crippen LogP contribution in [0.4, 0.5) is 0 Å². The van der Waals surface area contributed by atoms with Crippen LogP contribution in [0.2, 0.25) is 5.02 Å². The van der Waals surface area contributed by atoms with Crippen molar-refractivity contribution in [3.63, 3.8) is 0 Å². The summed E-state index contributed by atoms with van der Waals surface area (Å²) in [5.74, 6) is 0. The Morgan fingerprint density at radius 1 is 1.22 bits per heavy atom. The van der Waals surface area contributed by atoms with Gasteiger partial charge in [-0.1, -0.05) is 29.8 Å². The molecular weight excluding hydrogens is 262 g/mol. The van der Waals surface area contributed by atoms with Gasteiger partial charge in [-0.15, -0.1) is 11.3 Å². The zero-order valence-electron chi connectivity index (χ0n) is 11.0. The van der Waals surface area contributed by atoms with Gasteiger partial charge >= 0.3 is 0 Å². The van der Waals surface area contributed by atoms with Crippen LogP contribution in [0, 0.1) is 13.8 Å². The zero-order chi connectivity index (χ0) is 13.1. The second-order valence-electron chi connectivity index (χ2n) is 4.60. The molecule has 0 aliphatic rings. The van der Waals surface area contributed by atoms with Gasteiger partial charge in [0.25, 0.3) is 0 Å². The molecule has 0 radical (unpaired) electrons. The highest BCUT2D eigenvalue weighted by Gasteiger charge is 2.15. The van der Waals surface area contributed by atoms with Gasteiger partial charge in [0.15, 0.2) is 0 Å². The van der Waals surface area contributed by atoms with E-state index in [1.807, 2.05) is 18.5 Å². The lowest BCUT2D eigenvalue weighted by Crippen LogP contribution is -2.18. The number of aryl methyl sites for hydroxylation is 2. The Hall–Kier alpha value is -0.830. The molecule has 0 bridgehead atoms. The number of hydrogen-bond donors (Lipinski definition) is 1. The lowest BCUT2D eigenvalue weighted by atomic mass is 10.0. The molecule has 1 aromatic heterocycles. The van der Waals surface area contributed by atoms with E-state index in [1.165, 1.54) is 21.6 Å². The van der Waals surface area contributed by atoms with Gasteiger partial charge in [0.05, 0.1) is 5.02 Å². The van der Waals surface area contributed by atoms with E-state index in [9.17, 15) is 0 Å². The summed E-state index contributed by atoms with van der Waals surface area (Å²) < 4.78 is 0. The highest BCUT2D eigenvalue weighted by Crippen LogP contribution is 2.30. The minimum atomic E-state index is 0.291. The summed E-state index contributed by atoms with van der Waals surface area (Å²) in [4.78, 5) is 1.22. The highest BCUT2D eigenvalue weighted by atomic mass is 35.5. The molecule has 0 amide bonds. The number of benzene rings is 1. The highest BCUT2D eigenvalue weighted by molar-refractivity contribution is 7.10. The first-order valence-electron chi connectivity index (χ1n) is 6.08. The average Bonchev–Trinajstić information content (AvgIpc) is 2.77. The Balaban J connectivity index is 2.20. The number of rotatable bonds is 4. The molecule has 0 aliphatic carbocycles. The van der Waals surface area contributed by atoms with Crippen molar-refractivity contribution in [1.82, 2.24) is 5.32 Å². The lowest BCUT2D eigenvalue weighted by Gasteiger charge is -2.16. The maximum atomic E-state index is 6.21. The second-order valence-corrected chi connectivity index (χ2v) is 5.95. The Bertz CT molecular complexity index is 533. The SMILES string of the molecule is CNC(Cc1ccc(C)c(C)c1)c1sccc1Cl. The van der Waals surface area contributed by atoms with Gasteiger partial charge in [0.1, 0.15) is 0 Å². The predicted octanol–water partition coefficient (Wildman–Crippen LogP) is 4.52. The molecule has 0 spiro atoms. The molecule has 0 saturated carbocycles. The molecule has 2 rings (SSSR count). The van der Waals surface area contributed by atoms with E-state index in [4.69, 9.17) is 11.6 Å². The molecule has 1 atom stereocenters. The maximum Gasteiger partial charge on any atom is 0.0561 e. The normalized spacial score (nSPS) is 12.7. The van der Waals surface area contributed by atoms with Crippen LogP contribution in [0.15, 0.2) is 29.6 Å². The third kappa shape index (κ3) is 2.94.